The fourth-order valence-electron chi connectivity index (χ4n) is 4.39. The summed E-state index contributed by atoms with van der Waals surface area (Å²) in [5.41, 5.74) is 1.84. The van der Waals surface area contributed by atoms with Gasteiger partial charge in [0.1, 0.15) is 42.2 Å². The number of rotatable bonds is 16. The molecule has 1 amide bonds. The standard InChI is InChI=1S/C33H34ClFN4O9S/c1-46-28-13-27(22(34)12-24(28)39-29(42)17-49-30-7-6-18(14-38-30)33(45)47-2)48-16-26(41)32(44)31(43)25(40)15-37-21-10-19(9-20(35)11-21)23-5-3-4-8-36-23/h3-14,25-26,31-32,37,40-41,43-44H,15-17H2,1-2H3,(H,39,42)/t25-,26-,31-,32-/m1/s1. The molecule has 0 radical (unpaired) electrons. The van der Waals surface area contributed by atoms with Crippen molar-refractivity contribution in [3.63, 3.8) is 0 Å². The van der Waals surface area contributed by atoms with Crippen LogP contribution in [0.4, 0.5) is 15.8 Å². The first kappa shape index (κ1) is 37.3. The summed E-state index contributed by atoms with van der Waals surface area (Å²) in [7, 11) is 2.62. The van der Waals surface area contributed by atoms with Gasteiger partial charge in [-0.25, -0.2) is 14.2 Å². The molecule has 260 valence electrons. The van der Waals surface area contributed by atoms with Crippen LogP contribution in [0, 0.1) is 5.82 Å². The van der Waals surface area contributed by atoms with E-state index in [2.05, 4.69) is 25.3 Å². The van der Waals surface area contributed by atoms with Gasteiger partial charge in [-0.15, -0.1) is 0 Å². The van der Waals surface area contributed by atoms with Gasteiger partial charge >= 0.3 is 5.97 Å². The number of hydrogen-bond donors (Lipinski definition) is 6. The fraction of sp³-hybridized carbons (Fsp3) is 0.273. The van der Waals surface area contributed by atoms with Gasteiger partial charge in [0.2, 0.25) is 5.91 Å². The summed E-state index contributed by atoms with van der Waals surface area (Å²) in [5.74, 6) is -1.28. The second kappa shape index (κ2) is 17.8. The molecule has 0 fully saturated rings. The van der Waals surface area contributed by atoms with Crippen LogP contribution < -0.4 is 20.1 Å². The second-order valence-electron chi connectivity index (χ2n) is 10.4. The molecule has 0 aliphatic carbocycles. The Kier molecular flexibility index (Phi) is 13.5. The minimum Gasteiger partial charge on any atom is -0.494 e. The molecule has 0 bridgehead atoms. The minimum absolute atomic E-state index is 0.0220. The van der Waals surface area contributed by atoms with E-state index >= 15 is 0 Å². The van der Waals surface area contributed by atoms with Crippen LogP contribution in [0.3, 0.4) is 0 Å². The zero-order valence-electron chi connectivity index (χ0n) is 26.2. The van der Waals surface area contributed by atoms with Crippen molar-refractivity contribution in [2.45, 2.75) is 29.4 Å². The highest BCUT2D eigenvalue weighted by atomic mass is 35.5. The van der Waals surface area contributed by atoms with Crippen molar-refractivity contribution >= 4 is 46.6 Å². The maximum absolute atomic E-state index is 14.2. The molecule has 16 heteroatoms. The van der Waals surface area contributed by atoms with E-state index in [0.717, 1.165) is 11.8 Å². The first-order valence-electron chi connectivity index (χ1n) is 14.6. The van der Waals surface area contributed by atoms with E-state index in [0.29, 0.717) is 22.0 Å². The van der Waals surface area contributed by atoms with Gasteiger partial charge in [0, 0.05) is 36.3 Å². The zero-order chi connectivity index (χ0) is 35.5. The summed E-state index contributed by atoms with van der Waals surface area (Å²) in [6.07, 6.45) is -3.96. The smallest absolute Gasteiger partial charge is 0.339 e. The predicted octanol–water partition coefficient (Wildman–Crippen LogP) is 3.40. The maximum Gasteiger partial charge on any atom is 0.339 e. The Morgan fingerprint density at radius 1 is 0.959 bits per heavy atom. The Bertz CT molecular complexity index is 1720. The Morgan fingerprint density at radius 2 is 1.73 bits per heavy atom. The number of esters is 1. The summed E-state index contributed by atoms with van der Waals surface area (Å²) >= 11 is 7.48. The quantitative estimate of drug-likeness (QED) is 0.0731. The summed E-state index contributed by atoms with van der Waals surface area (Å²) in [4.78, 5) is 32.5. The number of carbonyl (C=O) groups is 2. The molecule has 4 rings (SSSR count). The zero-order valence-corrected chi connectivity index (χ0v) is 27.8. The summed E-state index contributed by atoms with van der Waals surface area (Å²) in [5, 5.41) is 48.0. The molecule has 49 heavy (non-hydrogen) atoms. The van der Waals surface area contributed by atoms with Crippen LogP contribution in [-0.2, 0) is 9.53 Å². The number of anilines is 2. The molecule has 0 spiro atoms. The van der Waals surface area contributed by atoms with Gasteiger partial charge in [0.25, 0.3) is 0 Å². The van der Waals surface area contributed by atoms with E-state index in [9.17, 15) is 34.4 Å². The number of ether oxygens (including phenoxy) is 3. The normalized spacial score (nSPS) is 13.5. The van der Waals surface area contributed by atoms with E-state index in [1.54, 1.807) is 36.5 Å². The summed E-state index contributed by atoms with van der Waals surface area (Å²) < 4.78 is 29.8. The molecule has 2 aromatic carbocycles. The lowest BCUT2D eigenvalue weighted by atomic mass is 10.0. The number of pyridine rings is 2. The van der Waals surface area contributed by atoms with Crippen LogP contribution in [0.2, 0.25) is 5.02 Å². The number of benzene rings is 2. The summed E-state index contributed by atoms with van der Waals surface area (Å²) in [6, 6.07) is 15.2. The number of methoxy groups -OCH3 is 2. The van der Waals surface area contributed by atoms with Gasteiger partial charge in [-0.2, -0.15) is 0 Å². The maximum atomic E-state index is 14.2. The van der Waals surface area contributed by atoms with Gasteiger partial charge in [-0.1, -0.05) is 29.4 Å². The third kappa shape index (κ3) is 10.5. The second-order valence-corrected chi connectivity index (χ2v) is 11.9. The predicted molar refractivity (Wildman–Crippen MR) is 181 cm³/mol. The van der Waals surface area contributed by atoms with Crippen molar-refractivity contribution in [1.29, 1.82) is 0 Å². The number of thioether (sulfide) groups is 1. The Morgan fingerprint density at radius 3 is 2.41 bits per heavy atom. The van der Waals surface area contributed by atoms with Gasteiger partial charge in [0.05, 0.1) is 53.1 Å². The first-order valence-corrected chi connectivity index (χ1v) is 16.0. The number of aromatic nitrogens is 2. The van der Waals surface area contributed by atoms with Crippen LogP contribution >= 0.6 is 23.4 Å². The molecule has 2 aromatic heterocycles. The van der Waals surface area contributed by atoms with Crippen molar-refractivity contribution in [2.24, 2.45) is 0 Å². The molecular weight excluding hydrogens is 683 g/mol. The van der Waals surface area contributed by atoms with Crippen LogP contribution in [-0.4, -0.2) is 99.8 Å². The van der Waals surface area contributed by atoms with Crippen molar-refractivity contribution < 1.29 is 48.6 Å². The Hall–Kier alpha value is -4.51. The van der Waals surface area contributed by atoms with E-state index in [1.807, 2.05) is 0 Å². The molecule has 4 aromatic rings. The van der Waals surface area contributed by atoms with E-state index in [-0.39, 0.29) is 40.1 Å². The molecule has 0 saturated carbocycles. The lowest BCUT2D eigenvalue weighted by Gasteiger charge is -2.27. The van der Waals surface area contributed by atoms with Crippen molar-refractivity contribution in [3.05, 3.63) is 89.5 Å². The Balaban J connectivity index is 1.28. The first-order chi connectivity index (χ1) is 23.5. The molecule has 2 heterocycles. The summed E-state index contributed by atoms with van der Waals surface area (Å²) in [6.45, 7) is -0.827. The highest BCUT2D eigenvalue weighted by Gasteiger charge is 2.31. The van der Waals surface area contributed by atoms with Gasteiger partial charge < -0.3 is 45.3 Å². The van der Waals surface area contributed by atoms with Gasteiger partial charge in [-0.3, -0.25) is 9.78 Å². The topological polar surface area (TPSA) is 193 Å². The van der Waals surface area contributed by atoms with Gasteiger partial charge in [0.15, 0.2) is 0 Å². The van der Waals surface area contributed by atoms with E-state index < -0.39 is 48.7 Å². The highest BCUT2D eigenvalue weighted by molar-refractivity contribution is 7.99. The van der Waals surface area contributed by atoms with Crippen LogP contribution in [0.1, 0.15) is 10.4 Å². The van der Waals surface area contributed by atoms with Crippen LogP contribution in [0.25, 0.3) is 11.3 Å². The number of nitrogens with zero attached hydrogens (tertiary/aromatic N) is 2. The lowest BCUT2D eigenvalue weighted by Crippen LogP contribution is -2.48. The molecular formula is C33H34ClFN4O9S. The molecule has 6 N–H and O–H groups in total. The number of halogens is 2. The molecule has 4 atom stereocenters. The molecule has 0 unspecified atom stereocenters. The van der Waals surface area contributed by atoms with E-state index in [4.69, 9.17) is 21.1 Å². The average Bonchev–Trinajstić information content (AvgIpc) is 3.11. The number of amides is 1. The fourth-order valence-corrected chi connectivity index (χ4v) is 5.25. The SMILES string of the molecule is COC(=O)c1ccc(SCC(=O)Nc2cc(Cl)c(OC[C@@H](O)[C@@H](O)[C@H](O)[C@H](O)CNc3cc(F)cc(-c4ccccn4)c3)cc2OC)nc1. The van der Waals surface area contributed by atoms with Crippen molar-refractivity contribution in [2.75, 3.05) is 43.8 Å². The number of hydrogen-bond acceptors (Lipinski definition) is 13. The monoisotopic (exact) mass is 716 g/mol. The number of aliphatic hydroxyl groups is 4. The molecule has 0 saturated heterocycles. The Labute approximate surface area is 290 Å². The van der Waals surface area contributed by atoms with Crippen LogP contribution in [0.5, 0.6) is 11.5 Å². The number of carbonyl (C=O) groups excluding carboxylic acids is 2. The lowest BCUT2D eigenvalue weighted by molar-refractivity contribution is -0.113. The highest BCUT2D eigenvalue weighted by Crippen LogP contribution is 2.36. The van der Waals surface area contributed by atoms with Crippen molar-refractivity contribution in [1.82, 2.24) is 9.97 Å². The van der Waals surface area contributed by atoms with Crippen LogP contribution in [0.15, 0.2) is 78.1 Å². The average molecular weight is 717 g/mol. The molecule has 13 nitrogen and oxygen atoms in total. The number of aliphatic hydroxyl groups excluding tert-OH is 4. The molecule has 0 aliphatic rings. The van der Waals surface area contributed by atoms with E-state index in [1.165, 1.54) is 50.7 Å². The third-order valence-corrected chi connectivity index (χ3v) is 8.20. The third-order valence-electron chi connectivity index (χ3n) is 6.96. The minimum atomic E-state index is -1.84. The van der Waals surface area contributed by atoms with Gasteiger partial charge in [-0.05, 0) is 48.5 Å². The number of nitrogens with one attached hydrogen (secondary N) is 2. The largest absolute Gasteiger partial charge is 0.494 e. The molecule has 0 aliphatic heterocycles. The van der Waals surface area contributed by atoms with Crippen molar-refractivity contribution in [3.8, 4) is 22.8 Å².